The molecule has 5 nitrogen and oxygen atoms in total. The van der Waals surface area contributed by atoms with Gasteiger partial charge in [0.1, 0.15) is 0 Å². The summed E-state index contributed by atoms with van der Waals surface area (Å²) in [5.74, 6) is 0.922. The van der Waals surface area contributed by atoms with E-state index in [1.165, 1.54) is 0 Å². The van der Waals surface area contributed by atoms with Crippen LogP contribution in [0.3, 0.4) is 0 Å². The molecule has 120 valence electrons. The van der Waals surface area contributed by atoms with E-state index in [0.29, 0.717) is 0 Å². The maximum Gasteiger partial charge on any atom is 0.227 e. The molecule has 2 aromatic rings. The molecular weight excluding hydrogens is 288 g/mol. The van der Waals surface area contributed by atoms with Crippen molar-refractivity contribution < 1.29 is 4.79 Å². The normalized spacial score (nSPS) is 15.5. The summed E-state index contributed by atoms with van der Waals surface area (Å²) in [6.45, 7) is 5.68. The van der Waals surface area contributed by atoms with Gasteiger partial charge in [-0.2, -0.15) is 0 Å². The highest BCUT2D eigenvalue weighted by Gasteiger charge is 2.26. The zero-order valence-electron chi connectivity index (χ0n) is 13.6. The van der Waals surface area contributed by atoms with E-state index in [9.17, 15) is 4.79 Å². The molecular formula is C18H22N4O. The van der Waals surface area contributed by atoms with Gasteiger partial charge in [-0.15, -0.1) is 0 Å². The van der Waals surface area contributed by atoms with Gasteiger partial charge in [0.25, 0.3) is 0 Å². The number of hydrogen-bond donors (Lipinski definition) is 1. The van der Waals surface area contributed by atoms with Crippen molar-refractivity contribution in [3.05, 3.63) is 47.8 Å². The molecule has 1 aliphatic rings. The smallest absolute Gasteiger partial charge is 0.227 e. The van der Waals surface area contributed by atoms with E-state index >= 15 is 0 Å². The summed E-state index contributed by atoms with van der Waals surface area (Å²) in [5.41, 5.74) is 3.16. The van der Waals surface area contributed by atoms with Gasteiger partial charge in [0, 0.05) is 37.1 Å². The highest BCUT2D eigenvalue weighted by Crippen LogP contribution is 2.24. The third kappa shape index (κ3) is 3.50. The SMILES string of the molecule is Cc1cccc(C)c1NC(=O)C1CCN(c2ncccn2)CC1. The molecule has 1 aromatic heterocycles. The topological polar surface area (TPSA) is 58.1 Å². The molecule has 0 atom stereocenters. The quantitative estimate of drug-likeness (QED) is 0.947. The van der Waals surface area contributed by atoms with E-state index in [1.54, 1.807) is 12.4 Å². The number of aromatic nitrogens is 2. The van der Waals surface area contributed by atoms with Gasteiger partial charge in [0.2, 0.25) is 11.9 Å². The van der Waals surface area contributed by atoms with Crippen LogP contribution in [0.1, 0.15) is 24.0 Å². The number of amides is 1. The summed E-state index contributed by atoms with van der Waals surface area (Å²) in [4.78, 5) is 23.3. The van der Waals surface area contributed by atoms with Crippen molar-refractivity contribution in [2.75, 3.05) is 23.3 Å². The lowest BCUT2D eigenvalue weighted by atomic mass is 9.95. The summed E-state index contributed by atoms with van der Waals surface area (Å²) >= 11 is 0. The monoisotopic (exact) mass is 310 g/mol. The minimum Gasteiger partial charge on any atom is -0.341 e. The molecule has 1 aliphatic heterocycles. The predicted octanol–water partition coefficient (Wildman–Crippen LogP) is 2.95. The second-order valence-electron chi connectivity index (χ2n) is 6.07. The van der Waals surface area contributed by atoms with Crippen LogP contribution in [0.25, 0.3) is 0 Å². The van der Waals surface area contributed by atoms with E-state index in [4.69, 9.17) is 0 Å². The number of hydrogen-bond acceptors (Lipinski definition) is 4. The van der Waals surface area contributed by atoms with Crippen molar-refractivity contribution in [3.63, 3.8) is 0 Å². The van der Waals surface area contributed by atoms with Crippen LogP contribution in [0.5, 0.6) is 0 Å². The van der Waals surface area contributed by atoms with Gasteiger partial charge in [0.05, 0.1) is 0 Å². The molecule has 1 amide bonds. The number of benzene rings is 1. The molecule has 0 bridgehead atoms. The van der Waals surface area contributed by atoms with Crippen molar-refractivity contribution in [3.8, 4) is 0 Å². The van der Waals surface area contributed by atoms with Crippen molar-refractivity contribution in [1.29, 1.82) is 0 Å². The van der Waals surface area contributed by atoms with E-state index in [0.717, 1.165) is 48.7 Å². The number of rotatable bonds is 3. The second-order valence-corrected chi connectivity index (χ2v) is 6.07. The summed E-state index contributed by atoms with van der Waals surface area (Å²) in [5, 5.41) is 3.11. The lowest BCUT2D eigenvalue weighted by Crippen LogP contribution is -2.39. The second kappa shape index (κ2) is 6.77. The Labute approximate surface area is 136 Å². The van der Waals surface area contributed by atoms with E-state index in [1.807, 2.05) is 38.1 Å². The average molecular weight is 310 g/mol. The van der Waals surface area contributed by atoms with Gasteiger partial charge in [-0.1, -0.05) is 18.2 Å². The number of nitrogens with zero attached hydrogens (tertiary/aromatic N) is 3. The largest absolute Gasteiger partial charge is 0.341 e. The first-order valence-electron chi connectivity index (χ1n) is 8.04. The molecule has 0 saturated carbocycles. The molecule has 0 aliphatic carbocycles. The maximum atomic E-state index is 12.6. The van der Waals surface area contributed by atoms with Crippen LogP contribution in [-0.4, -0.2) is 29.0 Å². The molecule has 1 fully saturated rings. The Balaban J connectivity index is 1.60. The number of aryl methyl sites for hydroxylation is 2. The molecule has 0 spiro atoms. The number of carbonyl (C=O) groups excluding carboxylic acids is 1. The number of piperidine rings is 1. The van der Waals surface area contributed by atoms with E-state index in [-0.39, 0.29) is 11.8 Å². The van der Waals surface area contributed by atoms with Crippen molar-refractivity contribution in [1.82, 2.24) is 9.97 Å². The molecule has 0 unspecified atom stereocenters. The van der Waals surface area contributed by atoms with Crippen molar-refractivity contribution in [2.45, 2.75) is 26.7 Å². The summed E-state index contributed by atoms with van der Waals surface area (Å²) < 4.78 is 0. The average Bonchev–Trinajstić information content (AvgIpc) is 2.59. The van der Waals surface area contributed by atoms with Gasteiger partial charge in [-0.05, 0) is 43.9 Å². The van der Waals surface area contributed by atoms with Crippen LogP contribution in [0.2, 0.25) is 0 Å². The fourth-order valence-electron chi connectivity index (χ4n) is 3.03. The Morgan fingerprint density at radius 1 is 1.09 bits per heavy atom. The van der Waals surface area contributed by atoms with Gasteiger partial charge in [-0.3, -0.25) is 4.79 Å². The molecule has 23 heavy (non-hydrogen) atoms. The Morgan fingerprint density at radius 3 is 2.30 bits per heavy atom. The van der Waals surface area contributed by atoms with Crippen LogP contribution < -0.4 is 10.2 Å². The Bertz CT molecular complexity index is 658. The van der Waals surface area contributed by atoms with Crippen LogP contribution in [0.4, 0.5) is 11.6 Å². The summed E-state index contributed by atoms with van der Waals surface area (Å²) in [6, 6.07) is 7.88. The highest BCUT2D eigenvalue weighted by atomic mass is 16.1. The van der Waals surface area contributed by atoms with Crippen LogP contribution >= 0.6 is 0 Å². The maximum absolute atomic E-state index is 12.6. The number of carbonyl (C=O) groups is 1. The standard InChI is InChI=1S/C18H22N4O/c1-13-5-3-6-14(2)16(13)21-17(23)15-7-11-22(12-8-15)18-19-9-4-10-20-18/h3-6,9-10,15H,7-8,11-12H2,1-2H3,(H,21,23). The molecule has 5 heteroatoms. The molecule has 0 radical (unpaired) electrons. The molecule has 1 aromatic carbocycles. The van der Waals surface area contributed by atoms with Gasteiger partial charge < -0.3 is 10.2 Å². The van der Waals surface area contributed by atoms with Crippen LogP contribution in [-0.2, 0) is 4.79 Å². The first-order valence-corrected chi connectivity index (χ1v) is 8.04. The molecule has 3 rings (SSSR count). The zero-order valence-corrected chi connectivity index (χ0v) is 13.6. The molecule has 1 saturated heterocycles. The zero-order chi connectivity index (χ0) is 16.2. The van der Waals surface area contributed by atoms with Gasteiger partial charge >= 0.3 is 0 Å². The number of anilines is 2. The summed E-state index contributed by atoms with van der Waals surface area (Å²) in [7, 11) is 0. The fourth-order valence-corrected chi connectivity index (χ4v) is 3.03. The fraction of sp³-hybridized carbons (Fsp3) is 0.389. The van der Waals surface area contributed by atoms with E-state index in [2.05, 4.69) is 20.2 Å². The minimum atomic E-state index is 0.0500. The van der Waals surface area contributed by atoms with E-state index < -0.39 is 0 Å². The van der Waals surface area contributed by atoms with Gasteiger partial charge in [0.15, 0.2) is 0 Å². The third-order valence-corrected chi connectivity index (χ3v) is 4.43. The Morgan fingerprint density at radius 2 is 1.70 bits per heavy atom. The van der Waals surface area contributed by atoms with Crippen molar-refractivity contribution in [2.24, 2.45) is 5.92 Å². The summed E-state index contributed by atoms with van der Waals surface area (Å²) in [6.07, 6.45) is 5.16. The molecule has 2 heterocycles. The first-order chi connectivity index (χ1) is 11.1. The Hall–Kier alpha value is -2.43. The first kappa shape index (κ1) is 15.5. The lowest BCUT2D eigenvalue weighted by Gasteiger charge is -2.31. The lowest BCUT2D eigenvalue weighted by molar-refractivity contribution is -0.120. The van der Waals surface area contributed by atoms with Crippen LogP contribution in [0.15, 0.2) is 36.7 Å². The number of para-hydroxylation sites is 1. The molecule has 1 N–H and O–H groups in total. The predicted molar refractivity (Wildman–Crippen MR) is 91.5 cm³/mol. The Kier molecular flexibility index (Phi) is 4.55. The highest BCUT2D eigenvalue weighted by molar-refractivity contribution is 5.94. The van der Waals surface area contributed by atoms with Gasteiger partial charge in [-0.25, -0.2) is 9.97 Å². The minimum absolute atomic E-state index is 0.0500. The van der Waals surface area contributed by atoms with Crippen LogP contribution in [0, 0.1) is 19.8 Å². The number of nitrogens with one attached hydrogen (secondary N) is 1. The third-order valence-electron chi connectivity index (χ3n) is 4.43. The van der Waals surface area contributed by atoms with Crippen molar-refractivity contribution >= 4 is 17.5 Å².